The first-order chi connectivity index (χ1) is 19.3. The van der Waals surface area contributed by atoms with Gasteiger partial charge >= 0.3 is 0 Å². The van der Waals surface area contributed by atoms with Crippen molar-refractivity contribution in [2.45, 2.75) is 0 Å². The zero-order valence-electron chi connectivity index (χ0n) is 21.0. The molecule has 0 aliphatic carbocycles. The minimum absolute atomic E-state index is 0.912. The molecule has 0 amide bonds. The van der Waals surface area contributed by atoms with Crippen molar-refractivity contribution in [2.24, 2.45) is 0 Å². The molecule has 0 aliphatic heterocycles. The Bertz CT molecular complexity index is 2180. The maximum atomic E-state index is 4.75. The molecule has 2 aromatic heterocycles. The summed E-state index contributed by atoms with van der Waals surface area (Å²) in [6.07, 6.45) is 3.54. The Kier molecular flexibility index (Phi) is 5.04. The van der Waals surface area contributed by atoms with Crippen LogP contribution in [0.2, 0.25) is 0 Å². The van der Waals surface area contributed by atoms with E-state index in [-0.39, 0.29) is 0 Å². The Balaban J connectivity index is 1.39. The van der Waals surface area contributed by atoms with Gasteiger partial charge in [-0.15, -0.1) is 11.3 Å². The number of nitrogens with zero attached hydrogens (tertiary/aromatic N) is 2. The van der Waals surface area contributed by atoms with E-state index in [4.69, 9.17) is 4.98 Å². The van der Waals surface area contributed by atoms with Gasteiger partial charge < -0.3 is 0 Å². The zero-order chi connectivity index (χ0) is 25.8. The maximum Gasteiger partial charge on any atom is 0.0971 e. The molecule has 0 aliphatic rings. The number of hydrogen-bond donors (Lipinski definition) is 0. The van der Waals surface area contributed by atoms with Crippen LogP contribution in [-0.2, 0) is 0 Å². The Morgan fingerprint density at radius 3 is 2.03 bits per heavy atom. The van der Waals surface area contributed by atoms with Crippen molar-refractivity contribution in [3.05, 3.63) is 134 Å². The van der Waals surface area contributed by atoms with Crippen molar-refractivity contribution >= 4 is 53.3 Å². The van der Waals surface area contributed by atoms with Gasteiger partial charge in [0.1, 0.15) is 0 Å². The molecule has 0 atom stereocenters. The first-order valence-corrected chi connectivity index (χ1v) is 13.9. The molecular formula is C36H22N2S. The van der Waals surface area contributed by atoms with Crippen molar-refractivity contribution in [1.29, 1.82) is 0 Å². The molecule has 0 spiro atoms. The number of rotatable bonds is 3. The number of benzene rings is 6. The molecule has 8 rings (SSSR count). The average molecular weight is 515 g/mol. The Morgan fingerprint density at radius 2 is 1.18 bits per heavy atom. The second-order valence-electron chi connectivity index (χ2n) is 9.80. The smallest absolute Gasteiger partial charge is 0.0971 e. The van der Waals surface area contributed by atoms with Gasteiger partial charge in [0.05, 0.1) is 11.0 Å². The predicted molar refractivity (Wildman–Crippen MR) is 166 cm³/mol. The molecule has 8 aromatic rings. The monoisotopic (exact) mass is 514 g/mol. The summed E-state index contributed by atoms with van der Waals surface area (Å²) >= 11 is 1.87. The van der Waals surface area contributed by atoms with Gasteiger partial charge in [-0.05, 0) is 57.0 Å². The lowest BCUT2D eigenvalue weighted by Gasteiger charge is -2.15. The number of hydrogen-bond acceptors (Lipinski definition) is 3. The first kappa shape index (κ1) is 22.2. The molecule has 0 saturated carbocycles. The van der Waals surface area contributed by atoms with Crippen molar-refractivity contribution in [1.82, 2.24) is 9.97 Å². The molecular weight excluding hydrogens is 492 g/mol. The van der Waals surface area contributed by atoms with Gasteiger partial charge in [0, 0.05) is 38.0 Å². The zero-order valence-corrected chi connectivity index (χ0v) is 21.8. The fourth-order valence-electron chi connectivity index (χ4n) is 5.84. The molecule has 0 unspecified atom stereocenters. The summed E-state index contributed by atoms with van der Waals surface area (Å²) in [5.41, 5.74) is 9.21. The first-order valence-electron chi connectivity index (χ1n) is 13.1. The van der Waals surface area contributed by atoms with Crippen molar-refractivity contribution < 1.29 is 0 Å². The van der Waals surface area contributed by atoms with Gasteiger partial charge in [-0.2, -0.15) is 0 Å². The number of thiophene rings is 1. The van der Waals surface area contributed by atoms with Crippen LogP contribution in [0.15, 0.2) is 134 Å². The van der Waals surface area contributed by atoms with Gasteiger partial charge in [-0.25, -0.2) is 0 Å². The van der Waals surface area contributed by atoms with Gasteiger partial charge in [0.2, 0.25) is 0 Å². The summed E-state index contributed by atoms with van der Waals surface area (Å²) < 4.78 is 2.61. The molecule has 0 bridgehead atoms. The van der Waals surface area contributed by atoms with Crippen LogP contribution < -0.4 is 0 Å². The summed E-state index contributed by atoms with van der Waals surface area (Å²) in [4.78, 5) is 9.34. The van der Waals surface area contributed by atoms with E-state index in [1.807, 2.05) is 11.3 Å². The van der Waals surface area contributed by atoms with E-state index in [1.165, 1.54) is 58.9 Å². The summed E-state index contributed by atoms with van der Waals surface area (Å²) in [6, 6.07) is 43.7. The minimum Gasteiger partial charge on any atom is -0.253 e. The normalized spacial score (nSPS) is 11.6. The molecule has 0 saturated heterocycles. The fourth-order valence-corrected chi connectivity index (χ4v) is 7.01. The van der Waals surface area contributed by atoms with Gasteiger partial charge in [-0.1, -0.05) is 103 Å². The molecule has 182 valence electrons. The highest BCUT2D eigenvalue weighted by Crippen LogP contribution is 2.45. The number of aromatic nitrogens is 2. The van der Waals surface area contributed by atoms with E-state index in [0.29, 0.717) is 0 Å². The SMILES string of the molecule is c1ccc(-c2ccc3c(c2)sc2cccc(-c4ccccc4-c4cccc5ccc6nccnc6c45)c23)cc1. The summed E-state index contributed by atoms with van der Waals surface area (Å²) in [5, 5.41) is 4.93. The van der Waals surface area contributed by atoms with E-state index < -0.39 is 0 Å². The van der Waals surface area contributed by atoms with Crippen LogP contribution in [0, 0.1) is 0 Å². The molecule has 2 heterocycles. The predicted octanol–water partition coefficient (Wildman–Crippen LogP) is 10.2. The molecule has 6 aromatic carbocycles. The third-order valence-corrected chi connectivity index (χ3v) is 8.71. The van der Waals surface area contributed by atoms with Crippen molar-refractivity contribution in [3.8, 4) is 33.4 Å². The second-order valence-corrected chi connectivity index (χ2v) is 10.9. The van der Waals surface area contributed by atoms with Gasteiger partial charge in [0.15, 0.2) is 0 Å². The summed E-state index contributed by atoms with van der Waals surface area (Å²) in [6.45, 7) is 0. The largest absolute Gasteiger partial charge is 0.253 e. The molecule has 3 heteroatoms. The highest BCUT2D eigenvalue weighted by Gasteiger charge is 2.17. The lowest BCUT2D eigenvalue weighted by Crippen LogP contribution is -1.90. The lowest BCUT2D eigenvalue weighted by molar-refractivity contribution is 1.30. The lowest BCUT2D eigenvalue weighted by atomic mass is 9.89. The Labute approximate surface area is 229 Å². The van der Waals surface area contributed by atoms with E-state index in [1.54, 1.807) is 12.4 Å². The van der Waals surface area contributed by atoms with Crippen LogP contribution in [0.25, 0.3) is 75.4 Å². The Hall–Kier alpha value is -4.86. The molecule has 0 fully saturated rings. The van der Waals surface area contributed by atoms with Crippen LogP contribution in [0.5, 0.6) is 0 Å². The van der Waals surface area contributed by atoms with Crippen LogP contribution in [0.4, 0.5) is 0 Å². The van der Waals surface area contributed by atoms with E-state index in [0.717, 1.165) is 16.4 Å². The quantitative estimate of drug-likeness (QED) is 0.219. The van der Waals surface area contributed by atoms with E-state index in [2.05, 4.69) is 126 Å². The van der Waals surface area contributed by atoms with Gasteiger partial charge in [0.25, 0.3) is 0 Å². The third kappa shape index (κ3) is 3.55. The Morgan fingerprint density at radius 1 is 0.462 bits per heavy atom. The topological polar surface area (TPSA) is 25.8 Å². The van der Waals surface area contributed by atoms with Crippen LogP contribution >= 0.6 is 11.3 Å². The summed E-state index contributed by atoms with van der Waals surface area (Å²) in [5.74, 6) is 0. The standard InChI is InChI=1S/C36H22N2S/c1-2-8-23(9-3-1)25-16-18-30-33(22-25)39-32-15-7-14-29(35(30)32)27-12-5-4-11-26(27)28-13-6-10-24-17-19-31-36(34(24)28)38-21-20-37-31/h1-22H. The molecule has 39 heavy (non-hydrogen) atoms. The maximum absolute atomic E-state index is 4.75. The molecule has 2 nitrogen and oxygen atoms in total. The molecule has 0 N–H and O–H groups in total. The fraction of sp³-hybridized carbons (Fsp3) is 0. The minimum atomic E-state index is 0.912. The third-order valence-electron chi connectivity index (χ3n) is 7.59. The van der Waals surface area contributed by atoms with E-state index in [9.17, 15) is 0 Å². The highest BCUT2D eigenvalue weighted by atomic mass is 32.1. The van der Waals surface area contributed by atoms with Crippen molar-refractivity contribution in [3.63, 3.8) is 0 Å². The van der Waals surface area contributed by atoms with Crippen molar-refractivity contribution in [2.75, 3.05) is 0 Å². The molecule has 0 radical (unpaired) electrons. The number of fused-ring (bicyclic) bond motifs is 6. The van der Waals surface area contributed by atoms with Crippen LogP contribution in [0.3, 0.4) is 0 Å². The van der Waals surface area contributed by atoms with Crippen LogP contribution in [0.1, 0.15) is 0 Å². The second kappa shape index (κ2) is 8.87. The average Bonchev–Trinajstić information content (AvgIpc) is 3.39. The van der Waals surface area contributed by atoms with Crippen LogP contribution in [-0.4, -0.2) is 9.97 Å². The van der Waals surface area contributed by atoms with Gasteiger partial charge in [-0.3, -0.25) is 9.97 Å². The van der Waals surface area contributed by atoms with E-state index >= 15 is 0 Å². The highest BCUT2D eigenvalue weighted by molar-refractivity contribution is 7.26. The summed E-state index contributed by atoms with van der Waals surface area (Å²) in [7, 11) is 0.